The first-order valence-corrected chi connectivity index (χ1v) is 6.91. The van der Waals surface area contributed by atoms with Crippen molar-refractivity contribution in [3.05, 3.63) is 6.20 Å². The summed E-state index contributed by atoms with van der Waals surface area (Å²) in [6.07, 6.45) is 4.10. The van der Waals surface area contributed by atoms with Gasteiger partial charge in [0.2, 0.25) is 5.95 Å². The zero-order valence-corrected chi connectivity index (χ0v) is 11.8. The van der Waals surface area contributed by atoms with E-state index in [1.54, 1.807) is 6.20 Å². The minimum Gasteiger partial charge on any atom is -0.368 e. The number of nitrogens with one attached hydrogen (secondary N) is 1. The fourth-order valence-electron chi connectivity index (χ4n) is 2.30. The van der Waals surface area contributed by atoms with E-state index in [9.17, 15) is 0 Å². The molecule has 0 aliphatic carbocycles. The third kappa shape index (κ3) is 2.77. The first-order chi connectivity index (χ1) is 9.19. The minimum absolute atomic E-state index is 0.287. The van der Waals surface area contributed by atoms with Crippen molar-refractivity contribution in [2.75, 3.05) is 23.7 Å². The number of hydrogen-bond donors (Lipinski definition) is 2. The Morgan fingerprint density at radius 1 is 1.26 bits per heavy atom. The maximum atomic E-state index is 5.78. The van der Waals surface area contributed by atoms with Crippen LogP contribution in [-0.4, -0.2) is 33.3 Å². The molecule has 0 saturated heterocycles. The highest BCUT2D eigenvalue weighted by molar-refractivity contribution is 5.87. The summed E-state index contributed by atoms with van der Waals surface area (Å²) in [6, 6.07) is 0. The highest BCUT2D eigenvalue weighted by Crippen LogP contribution is 2.24. The van der Waals surface area contributed by atoms with Gasteiger partial charge in [-0.2, -0.15) is 15.1 Å². The van der Waals surface area contributed by atoms with Gasteiger partial charge in [-0.1, -0.05) is 26.7 Å². The van der Waals surface area contributed by atoms with E-state index in [4.69, 9.17) is 5.73 Å². The van der Waals surface area contributed by atoms with Gasteiger partial charge in [-0.3, -0.25) is 5.10 Å². The average Bonchev–Trinajstić information content (AvgIpc) is 2.87. The summed E-state index contributed by atoms with van der Waals surface area (Å²) in [5, 5.41) is 7.82. The van der Waals surface area contributed by atoms with Crippen molar-refractivity contribution < 1.29 is 0 Å². The number of hydrogen-bond acceptors (Lipinski definition) is 5. The number of aromatic amines is 1. The van der Waals surface area contributed by atoms with Gasteiger partial charge < -0.3 is 10.6 Å². The standard InChI is InChI=1S/C13H22N6/c1-4-9(5-2)8-19(6-3)12-10-7-15-18-11(10)16-13(14)17-12/h7,9H,4-6,8H2,1-3H3,(H3,14,15,16,17,18). The van der Waals surface area contributed by atoms with Gasteiger partial charge in [0.15, 0.2) is 5.65 Å². The first kappa shape index (κ1) is 13.6. The first-order valence-electron chi connectivity index (χ1n) is 6.91. The molecule has 0 aliphatic heterocycles. The lowest BCUT2D eigenvalue weighted by atomic mass is 10.0. The highest BCUT2D eigenvalue weighted by atomic mass is 15.2. The summed E-state index contributed by atoms with van der Waals surface area (Å²) >= 11 is 0. The molecule has 3 N–H and O–H groups in total. The molecule has 0 aromatic carbocycles. The van der Waals surface area contributed by atoms with E-state index in [2.05, 4.69) is 45.8 Å². The molecule has 0 saturated carbocycles. The van der Waals surface area contributed by atoms with Gasteiger partial charge in [-0.25, -0.2) is 0 Å². The summed E-state index contributed by atoms with van der Waals surface area (Å²) in [5.74, 6) is 1.83. The molecule has 0 unspecified atom stereocenters. The van der Waals surface area contributed by atoms with Crippen molar-refractivity contribution in [3.8, 4) is 0 Å². The largest absolute Gasteiger partial charge is 0.368 e. The molecule has 2 rings (SSSR count). The predicted octanol–water partition coefficient (Wildman–Crippen LogP) is 2.20. The van der Waals surface area contributed by atoms with Gasteiger partial charge in [-0.05, 0) is 12.8 Å². The molecule has 6 nitrogen and oxygen atoms in total. The van der Waals surface area contributed by atoms with Crippen LogP contribution >= 0.6 is 0 Å². The maximum absolute atomic E-state index is 5.78. The van der Waals surface area contributed by atoms with Crippen LogP contribution in [0.15, 0.2) is 6.20 Å². The second-order valence-electron chi connectivity index (χ2n) is 4.76. The summed E-state index contributed by atoms with van der Waals surface area (Å²) in [7, 11) is 0. The molecule has 0 bridgehead atoms. The quantitative estimate of drug-likeness (QED) is 0.833. The number of fused-ring (bicyclic) bond motifs is 1. The summed E-state index contributed by atoms with van der Waals surface area (Å²) in [5.41, 5.74) is 6.48. The van der Waals surface area contributed by atoms with Crippen molar-refractivity contribution in [1.29, 1.82) is 0 Å². The van der Waals surface area contributed by atoms with Crippen LogP contribution < -0.4 is 10.6 Å². The molecule has 104 valence electrons. The van der Waals surface area contributed by atoms with E-state index in [-0.39, 0.29) is 5.95 Å². The van der Waals surface area contributed by atoms with Gasteiger partial charge in [-0.15, -0.1) is 0 Å². The van der Waals surface area contributed by atoms with E-state index < -0.39 is 0 Å². The smallest absolute Gasteiger partial charge is 0.224 e. The average molecular weight is 262 g/mol. The summed E-state index contributed by atoms with van der Waals surface area (Å²) in [6.45, 7) is 8.47. The topological polar surface area (TPSA) is 83.7 Å². The fraction of sp³-hybridized carbons (Fsp3) is 0.615. The van der Waals surface area contributed by atoms with Crippen LogP contribution in [0.1, 0.15) is 33.6 Å². The molecular formula is C13H22N6. The Morgan fingerprint density at radius 3 is 2.63 bits per heavy atom. The fourth-order valence-corrected chi connectivity index (χ4v) is 2.30. The number of rotatable bonds is 6. The summed E-state index contributed by atoms with van der Waals surface area (Å²) in [4.78, 5) is 10.8. The van der Waals surface area contributed by atoms with Crippen LogP contribution in [0.25, 0.3) is 11.0 Å². The zero-order valence-electron chi connectivity index (χ0n) is 11.8. The van der Waals surface area contributed by atoms with E-state index in [1.165, 1.54) is 12.8 Å². The van der Waals surface area contributed by atoms with Crippen LogP contribution in [0.5, 0.6) is 0 Å². The van der Waals surface area contributed by atoms with Crippen LogP contribution in [0.3, 0.4) is 0 Å². The molecule has 6 heteroatoms. The monoisotopic (exact) mass is 262 g/mol. The van der Waals surface area contributed by atoms with Crippen LogP contribution in [0.2, 0.25) is 0 Å². The number of nitrogens with zero attached hydrogens (tertiary/aromatic N) is 4. The molecule has 0 amide bonds. The normalized spacial score (nSPS) is 11.4. The molecular weight excluding hydrogens is 240 g/mol. The van der Waals surface area contributed by atoms with Crippen molar-refractivity contribution in [3.63, 3.8) is 0 Å². The summed E-state index contributed by atoms with van der Waals surface area (Å²) < 4.78 is 0. The Kier molecular flexibility index (Phi) is 4.19. The molecule has 2 aromatic heterocycles. The van der Waals surface area contributed by atoms with Crippen molar-refractivity contribution in [2.45, 2.75) is 33.6 Å². The third-order valence-corrected chi connectivity index (χ3v) is 3.62. The molecule has 0 radical (unpaired) electrons. The molecule has 0 spiro atoms. The second kappa shape index (κ2) is 5.86. The Balaban J connectivity index is 2.36. The highest BCUT2D eigenvalue weighted by Gasteiger charge is 2.16. The molecule has 19 heavy (non-hydrogen) atoms. The Labute approximate surface area is 113 Å². The lowest BCUT2D eigenvalue weighted by molar-refractivity contribution is 0.485. The van der Waals surface area contributed by atoms with E-state index >= 15 is 0 Å². The van der Waals surface area contributed by atoms with E-state index in [0.717, 1.165) is 24.3 Å². The number of nitrogens with two attached hydrogens (primary N) is 1. The van der Waals surface area contributed by atoms with Gasteiger partial charge in [0.05, 0.1) is 11.6 Å². The minimum atomic E-state index is 0.287. The van der Waals surface area contributed by atoms with E-state index in [1.807, 2.05) is 0 Å². The molecule has 2 aromatic rings. The Hall–Kier alpha value is -1.85. The Morgan fingerprint density at radius 2 is 2.00 bits per heavy atom. The molecule has 0 aliphatic rings. The van der Waals surface area contributed by atoms with E-state index in [0.29, 0.717) is 11.6 Å². The number of anilines is 2. The zero-order chi connectivity index (χ0) is 13.8. The Bertz CT molecular complexity index is 531. The third-order valence-electron chi connectivity index (χ3n) is 3.62. The lowest BCUT2D eigenvalue weighted by Gasteiger charge is -2.26. The van der Waals surface area contributed by atoms with Crippen molar-refractivity contribution >= 4 is 22.8 Å². The van der Waals surface area contributed by atoms with Crippen molar-refractivity contribution in [2.24, 2.45) is 5.92 Å². The predicted molar refractivity (Wildman–Crippen MR) is 78.1 cm³/mol. The number of H-pyrrole nitrogens is 1. The molecule has 0 atom stereocenters. The maximum Gasteiger partial charge on any atom is 0.224 e. The van der Waals surface area contributed by atoms with Crippen molar-refractivity contribution in [1.82, 2.24) is 20.2 Å². The SMILES string of the molecule is CCC(CC)CN(CC)c1nc(N)nc2[nH]ncc12. The lowest BCUT2D eigenvalue weighted by Crippen LogP contribution is -2.30. The van der Waals surface area contributed by atoms with Gasteiger partial charge >= 0.3 is 0 Å². The van der Waals surface area contributed by atoms with Crippen LogP contribution in [0, 0.1) is 5.92 Å². The van der Waals surface area contributed by atoms with Gasteiger partial charge in [0.25, 0.3) is 0 Å². The van der Waals surface area contributed by atoms with Gasteiger partial charge in [0.1, 0.15) is 5.82 Å². The number of aromatic nitrogens is 4. The van der Waals surface area contributed by atoms with Gasteiger partial charge in [0, 0.05) is 13.1 Å². The van der Waals surface area contributed by atoms with Crippen LogP contribution in [-0.2, 0) is 0 Å². The van der Waals surface area contributed by atoms with Crippen LogP contribution in [0.4, 0.5) is 11.8 Å². The second-order valence-corrected chi connectivity index (χ2v) is 4.76. The molecule has 2 heterocycles. The molecule has 0 fully saturated rings. The number of nitrogen functional groups attached to an aromatic ring is 1.